The predicted molar refractivity (Wildman–Crippen MR) is 78.1 cm³/mol. The van der Waals surface area contributed by atoms with Gasteiger partial charge in [-0.2, -0.15) is 0 Å². The van der Waals surface area contributed by atoms with Crippen LogP contribution in [0.5, 0.6) is 0 Å². The monoisotopic (exact) mass is 339 g/mol. The van der Waals surface area contributed by atoms with Crippen LogP contribution >= 0.6 is 0 Å². The highest BCUT2D eigenvalue weighted by molar-refractivity contribution is 5.77. The van der Waals surface area contributed by atoms with Crippen LogP contribution in [-0.2, 0) is 24.3 Å². The Bertz CT molecular complexity index is 791. The molecule has 1 amide bonds. The minimum Gasteiger partial charge on any atom is -0.361 e. The van der Waals surface area contributed by atoms with Crippen LogP contribution in [0.4, 0.5) is 13.2 Å². The largest absolute Gasteiger partial charge is 0.361 e. The molecule has 0 radical (unpaired) electrons. The number of hydrogen-bond donors (Lipinski definition) is 1. The van der Waals surface area contributed by atoms with Crippen molar-refractivity contribution < 1.29 is 22.5 Å². The Kier molecular flexibility index (Phi) is 4.31. The molecule has 5 nitrogen and oxygen atoms in total. The van der Waals surface area contributed by atoms with E-state index in [1.165, 1.54) is 0 Å². The van der Waals surface area contributed by atoms with E-state index >= 15 is 0 Å². The van der Waals surface area contributed by atoms with E-state index in [1.54, 1.807) is 11.8 Å². The molecule has 0 aliphatic carbocycles. The fraction of sp³-hybridized carbons (Fsp3) is 0.375. The van der Waals surface area contributed by atoms with Crippen molar-refractivity contribution in [1.82, 2.24) is 10.1 Å². The average Bonchev–Trinajstić information content (AvgIpc) is 3.07. The summed E-state index contributed by atoms with van der Waals surface area (Å²) in [5.41, 5.74) is 7.44. The Balaban J connectivity index is 1.60. The van der Waals surface area contributed by atoms with Gasteiger partial charge in [-0.3, -0.25) is 4.79 Å². The van der Waals surface area contributed by atoms with Crippen molar-refractivity contribution in [2.45, 2.75) is 38.9 Å². The quantitative estimate of drug-likeness (QED) is 0.867. The molecule has 2 N–H and O–H groups in total. The molecule has 0 saturated carbocycles. The summed E-state index contributed by atoms with van der Waals surface area (Å²) in [6, 6.07) is 0.551. The third-order valence-electron chi connectivity index (χ3n) is 4.12. The smallest absolute Gasteiger partial charge is 0.224 e. The highest BCUT2D eigenvalue weighted by Crippen LogP contribution is 2.25. The summed E-state index contributed by atoms with van der Waals surface area (Å²) in [4.78, 5) is 13.9. The molecule has 1 aliphatic rings. The van der Waals surface area contributed by atoms with Crippen LogP contribution in [0, 0.1) is 24.4 Å². The number of aryl methyl sites for hydroxylation is 1. The number of nitrogens with two attached hydrogens (primary N) is 1. The fourth-order valence-electron chi connectivity index (χ4n) is 2.80. The van der Waals surface area contributed by atoms with Crippen molar-refractivity contribution in [3.05, 3.63) is 52.2 Å². The van der Waals surface area contributed by atoms with Gasteiger partial charge in [-0.25, -0.2) is 13.2 Å². The van der Waals surface area contributed by atoms with Crippen molar-refractivity contribution in [3.63, 3.8) is 0 Å². The lowest BCUT2D eigenvalue weighted by molar-refractivity contribution is -0.132. The van der Waals surface area contributed by atoms with Gasteiger partial charge in [0.2, 0.25) is 5.91 Å². The summed E-state index contributed by atoms with van der Waals surface area (Å²) in [7, 11) is 0. The molecule has 0 fully saturated rings. The fourth-order valence-corrected chi connectivity index (χ4v) is 2.80. The highest BCUT2D eigenvalue weighted by Gasteiger charge is 2.29. The van der Waals surface area contributed by atoms with Crippen LogP contribution < -0.4 is 5.73 Å². The second kappa shape index (κ2) is 6.27. The highest BCUT2D eigenvalue weighted by atomic mass is 19.2. The molecule has 0 unspecified atom stereocenters. The number of carbonyl (C=O) groups is 1. The summed E-state index contributed by atoms with van der Waals surface area (Å²) in [6.45, 7) is 2.52. The lowest BCUT2D eigenvalue weighted by Gasteiger charge is -2.18. The van der Waals surface area contributed by atoms with Crippen LogP contribution in [0.25, 0.3) is 0 Å². The van der Waals surface area contributed by atoms with Gasteiger partial charge in [0, 0.05) is 24.1 Å². The minimum atomic E-state index is -1.25. The number of carbonyl (C=O) groups excluding carboxylic acids is 1. The van der Waals surface area contributed by atoms with Crippen LogP contribution in [0.2, 0.25) is 0 Å². The van der Waals surface area contributed by atoms with E-state index in [4.69, 9.17) is 10.3 Å². The van der Waals surface area contributed by atoms with Gasteiger partial charge in [0.15, 0.2) is 11.6 Å². The Morgan fingerprint density at radius 2 is 2.00 bits per heavy atom. The Morgan fingerprint density at radius 3 is 2.71 bits per heavy atom. The zero-order valence-electron chi connectivity index (χ0n) is 13.0. The number of benzene rings is 1. The molecule has 0 saturated heterocycles. The summed E-state index contributed by atoms with van der Waals surface area (Å²) >= 11 is 0. The van der Waals surface area contributed by atoms with Gasteiger partial charge < -0.3 is 15.2 Å². The maximum absolute atomic E-state index is 13.6. The van der Waals surface area contributed by atoms with Gasteiger partial charge in [-0.05, 0) is 25.0 Å². The summed E-state index contributed by atoms with van der Waals surface area (Å²) in [5.74, 6) is -2.80. The summed E-state index contributed by atoms with van der Waals surface area (Å²) < 4.78 is 44.8. The lowest BCUT2D eigenvalue weighted by atomic mass is 10.0. The van der Waals surface area contributed by atoms with Crippen LogP contribution in [0.1, 0.15) is 29.0 Å². The van der Waals surface area contributed by atoms with Gasteiger partial charge in [-0.1, -0.05) is 5.16 Å². The number of amides is 1. The number of halogens is 3. The first-order valence-corrected chi connectivity index (χ1v) is 7.46. The number of rotatable bonds is 4. The first-order chi connectivity index (χ1) is 11.3. The third-order valence-corrected chi connectivity index (χ3v) is 4.12. The Hall–Kier alpha value is -2.35. The molecular formula is C16H16F3N3O2. The normalized spacial score (nSPS) is 14.8. The lowest BCUT2D eigenvalue weighted by Crippen LogP contribution is -2.34. The summed E-state index contributed by atoms with van der Waals surface area (Å²) in [5, 5.41) is 3.88. The van der Waals surface area contributed by atoms with E-state index in [1.807, 2.05) is 0 Å². The maximum Gasteiger partial charge on any atom is 0.224 e. The molecule has 0 spiro atoms. The first-order valence-electron chi connectivity index (χ1n) is 7.46. The SMILES string of the molecule is Cc1onc2c1CN(C(=O)C[C@H](N)Cc1cc(F)c(F)cc1F)C2. The van der Waals surface area contributed by atoms with Crippen molar-refractivity contribution in [3.8, 4) is 0 Å². The molecule has 0 bridgehead atoms. The van der Waals surface area contributed by atoms with Crippen LogP contribution in [0.15, 0.2) is 16.7 Å². The Morgan fingerprint density at radius 1 is 1.29 bits per heavy atom. The Labute approximate surface area is 136 Å². The van der Waals surface area contributed by atoms with Crippen molar-refractivity contribution in [1.29, 1.82) is 0 Å². The molecule has 2 heterocycles. The van der Waals surface area contributed by atoms with Gasteiger partial charge in [0.1, 0.15) is 17.3 Å². The van der Waals surface area contributed by atoms with Crippen molar-refractivity contribution in [2.75, 3.05) is 0 Å². The topological polar surface area (TPSA) is 72.4 Å². The number of hydrogen-bond acceptors (Lipinski definition) is 4. The van der Waals surface area contributed by atoms with Crippen molar-refractivity contribution in [2.24, 2.45) is 5.73 Å². The van der Waals surface area contributed by atoms with Gasteiger partial charge in [0.25, 0.3) is 0 Å². The molecule has 1 aromatic carbocycles. The van der Waals surface area contributed by atoms with E-state index in [0.717, 1.165) is 17.3 Å². The van der Waals surface area contributed by atoms with E-state index in [0.29, 0.717) is 24.9 Å². The number of aromatic nitrogens is 1. The predicted octanol–water partition coefficient (Wildman–Crippen LogP) is 2.20. The molecule has 2 aromatic rings. The maximum atomic E-state index is 13.6. The van der Waals surface area contributed by atoms with Crippen molar-refractivity contribution >= 4 is 5.91 Å². The van der Waals surface area contributed by atoms with E-state index in [2.05, 4.69) is 5.16 Å². The third kappa shape index (κ3) is 3.14. The van der Waals surface area contributed by atoms with E-state index < -0.39 is 23.5 Å². The van der Waals surface area contributed by atoms with Gasteiger partial charge >= 0.3 is 0 Å². The first kappa shape index (κ1) is 16.5. The summed E-state index contributed by atoms with van der Waals surface area (Å²) in [6.07, 6.45) is -0.0900. The van der Waals surface area contributed by atoms with E-state index in [-0.39, 0.29) is 24.3 Å². The number of nitrogens with zero attached hydrogens (tertiary/aromatic N) is 2. The molecule has 1 atom stereocenters. The molecule has 24 heavy (non-hydrogen) atoms. The molecule has 3 rings (SSSR count). The van der Waals surface area contributed by atoms with Gasteiger partial charge in [-0.15, -0.1) is 0 Å². The molecule has 128 valence electrons. The standard InChI is InChI=1S/C16H16F3N3O2/c1-8-11-6-22(7-15(11)21-24-8)16(23)4-10(20)2-9-3-13(18)14(19)5-12(9)17/h3,5,10H,2,4,6-7,20H2,1H3/t10-/m1/s1. The average molecular weight is 339 g/mol. The number of fused-ring (bicyclic) bond motifs is 1. The molecule has 1 aromatic heterocycles. The van der Waals surface area contributed by atoms with E-state index in [9.17, 15) is 18.0 Å². The molecule has 1 aliphatic heterocycles. The minimum absolute atomic E-state index is 0.0289. The van der Waals surface area contributed by atoms with Crippen LogP contribution in [-0.4, -0.2) is 22.0 Å². The zero-order valence-corrected chi connectivity index (χ0v) is 13.0. The second-order valence-electron chi connectivity index (χ2n) is 5.94. The zero-order chi connectivity index (χ0) is 17.4. The van der Waals surface area contributed by atoms with Gasteiger partial charge in [0.05, 0.1) is 13.1 Å². The molecule has 8 heteroatoms. The van der Waals surface area contributed by atoms with Crippen LogP contribution in [0.3, 0.4) is 0 Å². The molecular weight excluding hydrogens is 323 g/mol. The second-order valence-corrected chi connectivity index (χ2v) is 5.94.